The van der Waals surface area contributed by atoms with Crippen LogP contribution in [-0.2, 0) is 11.5 Å². The van der Waals surface area contributed by atoms with Crippen molar-refractivity contribution in [3.8, 4) is 5.75 Å². The summed E-state index contributed by atoms with van der Waals surface area (Å²) in [6.07, 6.45) is 3.16. The van der Waals surface area contributed by atoms with E-state index < -0.39 is 5.97 Å². The normalized spacial score (nSPS) is 10.5. The maximum atomic E-state index is 11.3. The standard InChI is InChI=1S/C14H15N5O3S/c1-21-13(20)11-6-7-19(18-11)9-22-12-5-3-2-4-10(12)8-16-17-14(15)23/h2-8H,9H2,1H3,(H3,15,17,23). The van der Waals surface area contributed by atoms with Gasteiger partial charge in [0.2, 0.25) is 0 Å². The highest BCUT2D eigenvalue weighted by molar-refractivity contribution is 7.80. The molecule has 1 heterocycles. The monoisotopic (exact) mass is 333 g/mol. The van der Waals surface area contributed by atoms with Gasteiger partial charge in [-0.3, -0.25) is 5.43 Å². The number of thiocarbonyl (C=S) groups is 1. The molecule has 0 aliphatic heterocycles. The van der Waals surface area contributed by atoms with Crippen LogP contribution in [0.2, 0.25) is 0 Å². The van der Waals surface area contributed by atoms with E-state index in [-0.39, 0.29) is 17.5 Å². The number of esters is 1. The zero-order valence-electron chi connectivity index (χ0n) is 12.3. The fraction of sp³-hybridized carbons (Fsp3) is 0.143. The van der Waals surface area contributed by atoms with Gasteiger partial charge in [0.05, 0.1) is 13.3 Å². The van der Waals surface area contributed by atoms with Crippen LogP contribution < -0.4 is 15.9 Å². The second-order valence-corrected chi connectivity index (χ2v) is 4.72. The second-order valence-electron chi connectivity index (χ2n) is 4.28. The lowest BCUT2D eigenvalue weighted by atomic mass is 10.2. The lowest BCUT2D eigenvalue weighted by Crippen LogP contribution is -2.24. The largest absolute Gasteiger partial charge is 0.471 e. The number of carbonyl (C=O) groups excluding carboxylic acids is 1. The van der Waals surface area contributed by atoms with Crippen molar-refractivity contribution in [1.82, 2.24) is 15.2 Å². The van der Waals surface area contributed by atoms with E-state index in [1.54, 1.807) is 18.3 Å². The molecule has 23 heavy (non-hydrogen) atoms. The number of nitrogens with zero attached hydrogens (tertiary/aromatic N) is 3. The summed E-state index contributed by atoms with van der Waals surface area (Å²) in [6, 6.07) is 8.83. The van der Waals surface area contributed by atoms with Crippen molar-refractivity contribution >= 4 is 29.5 Å². The summed E-state index contributed by atoms with van der Waals surface area (Å²) in [5.41, 5.74) is 8.71. The van der Waals surface area contributed by atoms with Crippen molar-refractivity contribution < 1.29 is 14.3 Å². The molecule has 120 valence electrons. The topological polar surface area (TPSA) is 104 Å². The number of aromatic nitrogens is 2. The Morgan fingerprint density at radius 2 is 2.26 bits per heavy atom. The minimum Gasteiger partial charge on any atom is -0.471 e. The summed E-state index contributed by atoms with van der Waals surface area (Å²) in [4.78, 5) is 11.3. The van der Waals surface area contributed by atoms with E-state index in [4.69, 9.17) is 10.5 Å². The highest BCUT2D eigenvalue weighted by Gasteiger charge is 2.09. The quantitative estimate of drug-likeness (QED) is 0.350. The molecule has 0 spiro atoms. The fourth-order valence-electron chi connectivity index (χ4n) is 1.67. The number of hydrogen-bond donors (Lipinski definition) is 2. The van der Waals surface area contributed by atoms with Crippen molar-refractivity contribution in [3.63, 3.8) is 0 Å². The molecule has 0 radical (unpaired) electrons. The zero-order valence-corrected chi connectivity index (χ0v) is 13.1. The zero-order chi connectivity index (χ0) is 16.7. The van der Waals surface area contributed by atoms with Crippen molar-refractivity contribution in [2.24, 2.45) is 10.8 Å². The highest BCUT2D eigenvalue weighted by atomic mass is 32.1. The van der Waals surface area contributed by atoms with Gasteiger partial charge in [0, 0.05) is 11.8 Å². The van der Waals surface area contributed by atoms with E-state index in [0.29, 0.717) is 5.75 Å². The molecule has 2 aromatic rings. The van der Waals surface area contributed by atoms with Gasteiger partial charge in [-0.2, -0.15) is 10.2 Å². The molecule has 0 amide bonds. The number of nitrogens with two attached hydrogens (primary N) is 1. The van der Waals surface area contributed by atoms with E-state index in [1.807, 2.05) is 18.2 Å². The van der Waals surface area contributed by atoms with Crippen LogP contribution in [-0.4, -0.2) is 34.2 Å². The minimum atomic E-state index is -0.500. The van der Waals surface area contributed by atoms with Gasteiger partial charge in [0.1, 0.15) is 5.75 Å². The molecule has 3 N–H and O–H groups in total. The Labute approximate surface area is 137 Å². The first-order valence-electron chi connectivity index (χ1n) is 6.52. The first kappa shape index (κ1) is 16.4. The van der Waals surface area contributed by atoms with Crippen LogP contribution in [0.5, 0.6) is 5.75 Å². The highest BCUT2D eigenvalue weighted by Crippen LogP contribution is 2.16. The smallest absolute Gasteiger partial charge is 0.358 e. The number of ether oxygens (including phenoxy) is 2. The van der Waals surface area contributed by atoms with Crippen molar-refractivity contribution in [3.05, 3.63) is 47.8 Å². The van der Waals surface area contributed by atoms with Crippen LogP contribution >= 0.6 is 12.2 Å². The summed E-state index contributed by atoms with van der Waals surface area (Å²) in [7, 11) is 1.30. The van der Waals surface area contributed by atoms with E-state index in [9.17, 15) is 4.79 Å². The SMILES string of the molecule is COC(=O)c1ccn(COc2ccccc2C=NNC(N)=S)n1. The number of nitrogens with one attached hydrogen (secondary N) is 1. The maximum Gasteiger partial charge on any atom is 0.358 e. The summed E-state index contributed by atoms with van der Waals surface area (Å²) < 4.78 is 11.7. The molecule has 0 atom stereocenters. The third kappa shape index (κ3) is 4.78. The predicted molar refractivity (Wildman–Crippen MR) is 88.2 cm³/mol. The van der Waals surface area contributed by atoms with Gasteiger partial charge in [-0.15, -0.1) is 0 Å². The van der Waals surface area contributed by atoms with Crippen LogP contribution in [0.25, 0.3) is 0 Å². The van der Waals surface area contributed by atoms with Gasteiger partial charge in [-0.05, 0) is 30.4 Å². The number of hydrazone groups is 1. The van der Waals surface area contributed by atoms with Crippen molar-refractivity contribution in [2.45, 2.75) is 6.73 Å². The Morgan fingerprint density at radius 3 is 3.00 bits per heavy atom. The van der Waals surface area contributed by atoms with Crippen LogP contribution in [0, 0.1) is 0 Å². The average molecular weight is 333 g/mol. The Hall–Kier alpha value is -2.94. The summed E-state index contributed by atoms with van der Waals surface area (Å²) in [5.74, 6) is 0.0937. The summed E-state index contributed by atoms with van der Waals surface area (Å²) in [6.45, 7) is 0.130. The van der Waals surface area contributed by atoms with Gasteiger partial charge >= 0.3 is 5.97 Å². The van der Waals surface area contributed by atoms with E-state index in [2.05, 4.69) is 32.6 Å². The number of carbonyl (C=O) groups is 1. The molecule has 0 bridgehead atoms. The third-order valence-corrected chi connectivity index (χ3v) is 2.78. The molecule has 0 saturated heterocycles. The third-order valence-electron chi connectivity index (χ3n) is 2.68. The molecule has 8 nitrogen and oxygen atoms in total. The van der Waals surface area contributed by atoms with Gasteiger partial charge in [-0.25, -0.2) is 9.48 Å². The van der Waals surface area contributed by atoms with Crippen LogP contribution in [0.4, 0.5) is 0 Å². The lowest BCUT2D eigenvalue weighted by Gasteiger charge is -2.08. The average Bonchev–Trinajstić information content (AvgIpc) is 3.02. The van der Waals surface area contributed by atoms with Gasteiger partial charge in [-0.1, -0.05) is 12.1 Å². The summed E-state index contributed by atoms with van der Waals surface area (Å²) in [5, 5.41) is 8.01. The maximum absolute atomic E-state index is 11.3. The Morgan fingerprint density at radius 1 is 1.48 bits per heavy atom. The number of para-hydroxylation sites is 1. The molecule has 0 saturated carbocycles. The van der Waals surface area contributed by atoms with E-state index in [0.717, 1.165) is 5.56 Å². The summed E-state index contributed by atoms with van der Waals surface area (Å²) >= 11 is 4.66. The molecule has 0 aliphatic rings. The number of benzene rings is 1. The number of hydrogen-bond acceptors (Lipinski definition) is 6. The van der Waals surface area contributed by atoms with Crippen LogP contribution in [0.1, 0.15) is 16.1 Å². The van der Waals surface area contributed by atoms with Crippen LogP contribution in [0.15, 0.2) is 41.6 Å². The van der Waals surface area contributed by atoms with Gasteiger partial charge < -0.3 is 15.2 Å². The lowest BCUT2D eigenvalue weighted by molar-refractivity contribution is 0.0592. The fourth-order valence-corrected chi connectivity index (χ4v) is 1.72. The number of rotatable bonds is 6. The first-order chi connectivity index (χ1) is 11.1. The Balaban J connectivity index is 2.03. The Kier molecular flexibility index (Phi) is 5.64. The minimum absolute atomic E-state index is 0.0755. The van der Waals surface area contributed by atoms with Crippen molar-refractivity contribution in [2.75, 3.05) is 7.11 Å². The van der Waals surface area contributed by atoms with E-state index >= 15 is 0 Å². The molecule has 1 aromatic heterocycles. The van der Waals surface area contributed by atoms with Crippen LogP contribution in [0.3, 0.4) is 0 Å². The van der Waals surface area contributed by atoms with Crippen molar-refractivity contribution in [1.29, 1.82) is 0 Å². The molecule has 0 fully saturated rings. The Bertz CT molecular complexity index is 729. The molecule has 2 rings (SSSR count). The van der Waals surface area contributed by atoms with E-state index in [1.165, 1.54) is 18.0 Å². The predicted octanol–water partition coefficient (Wildman–Crippen LogP) is 0.873. The number of methoxy groups -OCH3 is 1. The van der Waals surface area contributed by atoms with Gasteiger partial charge in [0.15, 0.2) is 17.5 Å². The molecular formula is C14H15N5O3S. The molecule has 0 aliphatic carbocycles. The molecular weight excluding hydrogens is 318 g/mol. The van der Waals surface area contributed by atoms with Gasteiger partial charge in [0.25, 0.3) is 0 Å². The molecule has 0 unspecified atom stereocenters. The first-order valence-corrected chi connectivity index (χ1v) is 6.93. The second kappa shape index (κ2) is 7.90. The molecule has 9 heteroatoms. The molecule has 1 aromatic carbocycles.